The van der Waals surface area contributed by atoms with Gasteiger partial charge in [0.2, 0.25) is 10.0 Å². The van der Waals surface area contributed by atoms with Gasteiger partial charge in [-0.15, -0.1) is 0 Å². The molecule has 2 aromatic carbocycles. The normalized spacial score (nSPS) is 11.6. The monoisotopic (exact) mass is 479 g/mol. The molecule has 0 aromatic heterocycles. The van der Waals surface area contributed by atoms with Gasteiger partial charge in [-0.2, -0.15) is 4.31 Å². The van der Waals surface area contributed by atoms with Crippen LogP contribution in [0.25, 0.3) is 0 Å². The molecule has 0 fully saturated rings. The third kappa shape index (κ3) is 5.20. The summed E-state index contributed by atoms with van der Waals surface area (Å²) in [5.74, 6) is -0.656. The smallest absolute Gasteiger partial charge is 0.321 e. The van der Waals surface area contributed by atoms with Gasteiger partial charge in [0.1, 0.15) is 11.4 Å². The number of ether oxygens (including phenoxy) is 1. The number of rotatable bonds is 7. The third-order valence-corrected chi connectivity index (χ3v) is 6.55. The highest BCUT2D eigenvalue weighted by Gasteiger charge is 2.31. The molecule has 0 atom stereocenters. The van der Waals surface area contributed by atoms with Crippen LogP contribution in [0, 0.1) is 0 Å². The molecule has 5 nitrogen and oxygen atoms in total. The highest BCUT2D eigenvalue weighted by molar-refractivity contribution is 9.10. The summed E-state index contributed by atoms with van der Waals surface area (Å²) >= 11 is 15.5. The number of sulfonamides is 1. The topological polar surface area (TPSA) is 63.7 Å². The second kappa shape index (κ2) is 9.19. The van der Waals surface area contributed by atoms with E-state index in [1.54, 1.807) is 31.2 Å². The maximum atomic E-state index is 13.2. The average molecular weight is 481 g/mol. The fourth-order valence-electron chi connectivity index (χ4n) is 2.27. The zero-order chi connectivity index (χ0) is 19.3. The molecule has 140 valence electrons. The van der Waals surface area contributed by atoms with Crippen LogP contribution < -0.4 is 0 Å². The number of nitrogens with zero attached hydrogens (tertiary/aromatic N) is 1. The first-order valence-corrected chi connectivity index (χ1v) is 10.6. The summed E-state index contributed by atoms with van der Waals surface area (Å²) in [6.45, 7) is 1.33. The minimum absolute atomic E-state index is 0.0231. The number of carbonyl (C=O) groups is 1. The molecule has 0 bridgehead atoms. The molecule has 0 heterocycles. The molecule has 0 radical (unpaired) electrons. The molecule has 0 aliphatic rings. The van der Waals surface area contributed by atoms with E-state index in [1.807, 2.05) is 6.07 Å². The van der Waals surface area contributed by atoms with E-state index in [9.17, 15) is 13.2 Å². The predicted octanol–water partition coefficient (Wildman–Crippen LogP) is 4.51. The number of esters is 1. The zero-order valence-electron chi connectivity index (χ0n) is 13.8. The van der Waals surface area contributed by atoms with Gasteiger partial charge in [-0.1, -0.05) is 69.5 Å². The second-order valence-electron chi connectivity index (χ2n) is 5.26. The second-order valence-corrected chi connectivity index (χ2v) is 8.87. The first-order chi connectivity index (χ1) is 12.3. The Morgan fingerprint density at radius 1 is 1.15 bits per heavy atom. The standard InChI is InChI=1S/C17H16BrCl2NO4S/c1-2-25-16(22)11-21(10-12-6-4-3-5-7-12)26(23,24)17-14(19)8-13(18)9-15(17)20/h3-9H,2,10-11H2,1H3. The molecule has 0 aliphatic heterocycles. The lowest BCUT2D eigenvalue weighted by Crippen LogP contribution is -2.36. The van der Waals surface area contributed by atoms with Crippen LogP contribution in [0.2, 0.25) is 10.0 Å². The van der Waals surface area contributed by atoms with Gasteiger partial charge in [-0.25, -0.2) is 8.42 Å². The van der Waals surface area contributed by atoms with Crippen LogP contribution in [0.1, 0.15) is 12.5 Å². The fourth-order valence-corrected chi connectivity index (χ4v) is 5.52. The average Bonchev–Trinajstić information content (AvgIpc) is 2.54. The Hall–Kier alpha value is -1.12. The Kier molecular flexibility index (Phi) is 7.49. The minimum atomic E-state index is -4.14. The quantitative estimate of drug-likeness (QED) is 0.547. The van der Waals surface area contributed by atoms with E-state index in [-0.39, 0.29) is 28.1 Å². The van der Waals surface area contributed by atoms with Crippen molar-refractivity contribution in [2.24, 2.45) is 0 Å². The highest BCUT2D eigenvalue weighted by atomic mass is 79.9. The summed E-state index contributed by atoms with van der Waals surface area (Å²) in [5.41, 5.74) is 0.713. The summed E-state index contributed by atoms with van der Waals surface area (Å²) in [4.78, 5) is 11.7. The van der Waals surface area contributed by atoms with Gasteiger partial charge in [0.05, 0.1) is 16.7 Å². The molecule has 0 saturated heterocycles. The predicted molar refractivity (Wildman–Crippen MR) is 105 cm³/mol. The number of hydrogen-bond donors (Lipinski definition) is 0. The molecular weight excluding hydrogens is 465 g/mol. The number of benzene rings is 2. The molecule has 0 amide bonds. The van der Waals surface area contributed by atoms with Crippen molar-refractivity contribution in [3.63, 3.8) is 0 Å². The lowest BCUT2D eigenvalue weighted by molar-refractivity contribution is -0.143. The zero-order valence-corrected chi connectivity index (χ0v) is 17.7. The van der Waals surface area contributed by atoms with Gasteiger partial charge in [-0.3, -0.25) is 4.79 Å². The van der Waals surface area contributed by atoms with Crippen molar-refractivity contribution < 1.29 is 17.9 Å². The van der Waals surface area contributed by atoms with Crippen molar-refractivity contribution in [2.75, 3.05) is 13.2 Å². The SMILES string of the molecule is CCOC(=O)CN(Cc1ccccc1)S(=O)(=O)c1c(Cl)cc(Br)cc1Cl. The number of hydrogen-bond acceptors (Lipinski definition) is 4. The van der Waals surface area contributed by atoms with Crippen LogP contribution in [0.15, 0.2) is 51.8 Å². The molecular formula is C17H16BrCl2NO4S. The Bertz CT molecular complexity index is 868. The van der Waals surface area contributed by atoms with Crippen LogP contribution in [0.5, 0.6) is 0 Å². The van der Waals surface area contributed by atoms with Gasteiger partial charge >= 0.3 is 5.97 Å². The maximum Gasteiger partial charge on any atom is 0.321 e. The Balaban J connectivity index is 2.47. The Labute approximate surface area is 171 Å². The molecule has 0 unspecified atom stereocenters. The largest absolute Gasteiger partial charge is 0.465 e. The van der Waals surface area contributed by atoms with Crippen LogP contribution >= 0.6 is 39.1 Å². The van der Waals surface area contributed by atoms with Crippen molar-refractivity contribution in [1.29, 1.82) is 0 Å². The molecule has 0 saturated carbocycles. The van der Waals surface area contributed by atoms with Crippen molar-refractivity contribution in [2.45, 2.75) is 18.4 Å². The highest BCUT2D eigenvalue weighted by Crippen LogP contribution is 2.35. The van der Waals surface area contributed by atoms with E-state index in [0.29, 0.717) is 10.0 Å². The summed E-state index contributed by atoms with van der Waals surface area (Å²) in [7, 11) is -4.14. The molecule has 26 heavy (non-hydrogen) atoms. The lowest BCUT2D eigenvalue weighted by atomic mass is 10.2. The molecule has 0 spiro atoms. The van der Waals surface area contributed by atoms with E-state index in [0.717, 1.165) is 4.31 Å². The first kappa shape index (κ1) is 21.2. The van der Waals surface area contributed by atoms with E-state index < -0.39 is 22.5 Å². The Morgan fingerprint density at radius 2 is 1.73 bits per heavy atom. The third-order valence-electron chi connectivity index (χ3n) is 3.37. The van der Waals surface area contributed by atoms with Gasteiger partial charge in [0.15, 0.2) is 0 Å². The molecule has 2 aromatic rings. The summed E-state index contributed by atoms with van der Waals surface area (Å²) < 4.78 is 32.8. The number of halogens is 3. The number of carbonyl (C=O) groups excluding carboxylic acids is 1. The first-order valence-electron chi connectivity index (χ1n) is 7.60. The summed E-state index contributed by atoms with van der Waals surface area (Å²) in [5, 5.41) is -0.0717. The minimum Gasteiger partial charge on any atom is -0.465 e. The van der Waals surface area contributed by atoms with Crippen molar-refractivity contribution in [1.82, 2.24) is 4.31 Å². The lowest BCUT2D eigenvalue weighted by Gasteiger charge is -2.22. The van der Waals surface area contributed by atoms with Crippen molar-refractivity contribution in [3.8, 4) is 0 Å². The molecule has 9 heteroatoms. The van der Waals surface area contributed by atoms with E-state index in [1.165, 1.54) is 12.1 Å². The van der Waals surface area contributed by atoms with Crippen molar-refractivity contribution >= 4 is 55.1 Å². The van der Waals surface area contributed by atoms with Gasteiger partial charge in [0.25, 0.3) is 0 Å². The molecule has 0 N–H and O–H groups in total. The van der Waals surface area contributed by atoms with E-state index in [2.05, 4.69) is 15.9 Å². The fraction of sp³-hybridized carbons (Fsp3) is 0.235. The molecule has 2 rings (SSSR count). The van der Waals surface area contributed by atoms with E-state index >= 15 is 0 Å². The van der Waals surface area contributed by atoms with Crippen LogP contribution in [-0.2, 0) is 26.1 Å². The van der Waals surface area contributed by atoms with Gasteiger partial charge in [0, 0.05) is 11.0 Å². The van der Waals surface area contributed by atoms with Crippen LogP contribution in [0.3, 0.4) is 0 Å². The molecule has 0 aliphatic carbocycles. The van der Waals surface area contributed by atoms with Gasteiger partial charge in [-0.05, 0) is 24.6 Å². The van der Waals surface area contributed by atoms with Crippen molar-refractivity contribution in [3.05, 3.63) is 62.5 Å². The summed E-state index contributed by atoms with van der Waals surface area (Å²) in [6.07, 6.45) is 0. The maximum absolute atomic E-state index is 13.2. The van der Waals surface area contributed by atoms with Crippen LogP contribution in [0.4, 0.5) is 0 Å². The van der Waals surface area contributed by atoms with Crippen LogP contribution in [-0.4, -0.2) is 31.8 Å². The van der Waals surface area contributed by atoms with E-state index in [4.69, 9.17) is 27.9 Å². The Morgan fingerprint density at radius 3 is 2.27 bits per heavy atom. The summed E-state index contributed by atoms with van der Waals surface area (Å²) in [6, 6.07) is 11.8. The van der Waals surface area contributed by atoms with Gasteiger partial charge < -0.3 is 4.74 Å².